The normalized spacial score (nSPS) is 11.8. The molecule has 2 N–H and O–H groups in total. The highest BCUT2D eigenvalue weighted by atomic mass is 35.5. The first kappa shape index (κ1) is 17.7. The molecule has 5 nitrogen and oxygen atoms in total. The van der Waals surface area contributed by atoms with Crippen LogP contribution in [-0.4, -0.2) is 14.2 Å². The Kier molecular flexibility index (Phi) is 4.45. The minimum atomic E-state index is -4.03. The molecule has 0 aliphatic rings. The zero-order valence-corrected chi connectivity index (χ0v) is 15.2. The summed E-state index contributed by atoms with van der Waals surface area (Å²) in [4.78, 5) is 12.8. The first-order chi connectivity index (χ1) is 11.7. The fourth-order valence-electron chi connectivity index (χ4n) is 2.77. The molecule has 0 saturated carbocycles. The van der Waals surface area contributed by atoms with Gasteiger partial charge in [0, 0.05) is 17.4 Å². The number of nitrogens with two attached hydrogens (primary N) is 1. The number of carbonyl (C=O) groups is 1. The van der Waals surface area contributed by atoms with Crippen LogP contribution in [0.2, 0.25) is 5.02 Å². The molecule has 0 aliphatic carbocycles. The predicted molar refractivity (Wildman–Crippen MR) is 96.6 cm³/mol. The fourth-order valence-corrected chi connectivity index (χ4v) is 3.84. The Morgan fingerprint density at radius 3 is 2.56 bits per heavy atom. The fraction of sp³-hybridized carbons (Fsp3) is 0.167. The third kappa shape index (κ3) is 3.20. The minimum Gasteiger partial charge on any atom is -0.460 e. The smallest absolute Gasteiger partial charge is 0.239 e. The lowest BCUT2D eigenvalue weighted by molar-refractivity contribution is 0.103. The Morgan fingerprint density at radius 2 is 1.92 bits per heavy atom. The Morgan fingerprint density at radius 1 is 1.20 bits per heavy atom. The topological polar surface area (TPSA) is 90.4 Å². The van der Waals surface area contributed by atoms with E-state index < -0.39 is 10.0 Å². The van der Waals surface area contributed by atoms with E-state index in [-0.39, 0.29) is 21.3 Å². The van der Waals surface area contributed by atoms with Crippen LogP contribution >= 0.6 is 11.6 Å². The second kappa shape index (κ2) is 6.29. The van der Waals surface area contributed by atoms with E-state index in [9.17, 15) is 13.2 Å². The van der Waals surface area contributed by atoms with Gasteiger partial charge in [-0.3, -0.25) is 4.79 Å². The number of hydrogen-bond acceptors (Lipinski definition) is 4. The summed E-state index contributed by atoms with van der Waals surface area (Å²) in [5.41, 5.74) is 2.23. The largest absolute Gasteiger partial charge is 0.460 e. The van der Waals surface area contributed by atoms with Gasteiger partial charge in [-0.05, 0) is 37.3 Å². The SMILES string of the molecule is CCc1oc2ccc(C)cc2c1C(=O)c1ccc(Cl)c(S(N)(=O)=O)c1. The average Bonchev–Trinajstić information content (AvgIpc) is 2.91. The molecule has 0 spiro atoms. The van der Waals surface area contributed by atoms with Crippen molar-refractivity contribution in [2.75, 3.05) is 0 Å². The molecular formula is C18H16ClNO4S. The summed E-state index contributed by atoms with van der Waals surface area (Å²) in [7, 11) is -4.03. The maximum absolute atomic E-state index is 13.1. The van der Waals surface area contributed by atoms with Crippen LogP contribution in [0.5, 0.6) is 0 Å². The molecule has 3 aromatic rings. The van der Waals surface area contributed by atoms with Gasteiger partial charge in [0.05, 0.1) is 10.6 Å². The van der Waals surface area contributed by atoms with E-state index >= 15 is 0 Å². The monoisotopic (exact) mass is 377 g/mol. The van der Waals surface area contributed by atoms with E-state index in [0.29, 0.717) is 28.7 Å². The highest BCUT2D eigenvalue weighted by Crippen LogP contribution is 2.31. The average molecular weight is 378 g/mol. The second-order valence-electron chi connectivity index (χ2n) is 5.77. The molecule has 2 aromatic carbocycles. The number of fused-ring (bicyclic) bond motifs is 1. The van der Waals surface area contributed by atoms with Gasteiger partial charge in [0.15, 0.2) is 5.78 Å². The number of hydrogen-bond donors (Lipinski definition) is 1. The van der Waals surface area contributed by atoms with Gasteiger partial charge in [0.1, 0.15) is 16.2 Å². The van der Waals surface area contributed by atoms with Crippen molar-refractivity contribution in [3.8, 4) is 0 Å². The van der Waals surface area contributed by atoms with Gasteiger partial charge in [0.25, 0.3) is 0 Å². The summed E-state index contributed by atoms with van der Waals surface area (Å²) in [5, 5.41) is 5.85. The lowest BCUT2D eigenvalue weighted by Gasteiger charge is -2.06. The van der Waals surface area contributed by atoms with E-state index in [0.717, 1.165) is 5.56 Å². The van der Waals surface area contributed by atoms with E-state index in [1.165, 1.54) is 18.2 Å². The summed E-state index contributed by atoms with van der Waals surface area (Å²) in [6.07, 6.45) is 0.532. The molecule has 0 aliphatic heterocycles. The van der Waals surface area contributed by atoms with Gasteiger partial charge in [-0.15, -0.1) is 0 Å². The number of rotatable bonds is 4. The van der Waals surface area contributed by atoms with Crippen molar-refractivity contribution in [2.24, 2.45) is 5.14 Å². The van der Waals surface area contributed by atoms with Crippen LogP contribution in [-0.2, 0) is 16.4 Å². The molecule has 0 fully saturated rings. The summed E-state index contributed by atoms with van der Waals surface area (Å²) >= 11 is 5.90. The molecule has 25 heavy (non-hydrogen) atoms. The van der Waals surface area contributed by atoms with Crippen LogP contribution in [0.15, 0.2) is 45.7 Å². The molecule has 130 valence electrons. The zero-order chi connectivity index (χ0) is 18.4. The highest BCUT2D eigenvalue weighted by molar-refractivity contribution is 7.89. The quantitative estimate of drug-likeness (QED) is 0.699. The molecule has 0 saturated heterocycles. The number of furan rings is 1. The van der Waals surface area contributed by atoms with E-state index in [4.69, 9.17) is 21.2 Å². The Balaban J connectivity index is 2.23. The molecule has 0 radical (unpaired) electrons. The molecule has 7 heteroatoms. The van der Waals surface area contributed by atoms with Crippen molar-refractivity contribution in [3.63, 3.8) is 0 Å². The van der Waals surface area contributed by atoms with Crippen molar-refractivity contribution in [1.29, 1.82) is 0 Å². The van der Waals surface area contributed by atoms with Crippen LogP contribution in [0, 0.1) is 6.92 Å². The molecule has 1 heterocycles. The van der Waals surface area contributed by atoms with Crippen molar-refractivity contribution >= 4 is 38.4 Å². The van der Waals surface area contributed by atoms with Crippen LogP contribution in [0.1, 0.15) is 34.2 Å². The van der Waals surface area contributed by atoms with Crippen molar-refractivity contribution in [3.05, 3.63) is 63.9 Å². The lowest BCUT2D eigenvalue weighted by atomic mass is 9.98. The standard InChI is InChI=1S/C18H16ClNO4S/c1-3-14-17(12-8-10(2)4-7-15(12)24-14)18(21)11-5-6-13(19)16(9-11)25(20,22)23/h4-9H,3H2,1-2H3,(H2,20,22,23). The van der Waals surface area contributed by atoms with Crippen molar-refractivity contribution in [1.82, 2.24) is 0 Å². The van der Waals surface area contributed by atoms with Gasteiger partial charge in [-0.1, -0.05) is 30.2 Å². The van der Waals surface area contributed by atoms with Crippen LogP contribution in [0.3, 0.4) is 0 Å². The minimum absolute atomic E-state index is 0.0253. The lowest BCUT2D eigenvalue weighted by Crippen LogP contribution is -2.14. The van der Waals surface area contributed by atoms with E-state index in [1.54, 1.807) is 0 Å². The van der Waals surface area contributed by atoms with Gasteiger partial charge < -0.3 is 4.42 Å². The molecule has 0 unspecified atom stereocenters. The van der Waals surface area contributed by atoms with Crippen molar-refractivity contribution < 1.29 is 17.6 Å². The first-order valence-corrected chi connectivity index (χ1v) is 9.54. The second-order valence-corrected chi connectivity index (χ2v) is 7.71. The number of aryl methyl sites for hydroxylation is 2. The van der Waals surface area contributed by atoms with Gasteiger partial charge in [0.2, 0.25) is 10.0 Å². The number of primary sulfonamides is 1. The number of ketones is 1. The summed E-state index contributed by atoms with van der Waals surface area (Å²) in [6.45, 7) is 3.81. The zero-order valence-electron chi connectivity index (χ0n) is 13.7. The van der Waals surface area contributed by atoms with Crippen LogP contribution in [0.25, 0.3) is 11.0 Å². The third-order valence-electron chi connectivity index (χ3n) is 3.96. The molecule has 3 rings (SSSR count). The number of benzene rings is 2. The molecule has 0 bridgehead atoms. The third-order valence-corrected chi connectivity index (χ3v) is 5.36. The van der Waals surface area contributed by atoms with Crippen molar-refractivity contribution in [2.45, 2.75) is 25.2 Å². The van der Waals surface area contributed by atoms with Gasteiger partial charge >= 0.3 is 0 Å². The first-order valence-electron chi connectivity index (χ1n) is 7.61. The van der Waals surface area contributed by atoms with Crippen LogP contribution < -0.4 is 5.14 Å². The van der Waals surface area contributed by atoms with E-state index in [1.807, 2.05) is 32.0 Å². The number of sulfonamides is 1. The molecular weight excluding hydrogens is 362 g/mol. The van der Waals surface area contributed by atoms with Crippen LogP contribution in [0.4, 0.5) is 0 Å². The summed E-state index contributed by atoms with van der Waals surface area (Å²) < 4.78 is 29.1. The van der Waals surface area contributed by atoms with E-state index in [2.05, 4.69) is 0 Å². The molecule has 1 aromatic heterocycles. The predicted octanol–water partition coefficient (Wildman–Crippen LogP) is 3.84. The Bertz CT molecular complexity index is 1100. The number of carbonyl (C=O) groups excluding carboxylic acids is 1. The Labute approximate surface area is 150 Å². The van der Waals surface area contributed by atoms with Gasteiger partial charge in [-0.25, -0.2) is 13.6 Å². The Hall–Kier alpha value is -2.15. The maximum Gasteiger partial charge on any atom is 0.239 e. The highest BCUT2D eigenvalue weighted by Gasteiger charge is 2.23. The molecule has 0 amide bonds. The molecule has 0 atom stereocenters. The van der Waals surface area contributed by atoms with Gasteiger partial charge in [-0.2, -0.15) is 0 Å². The number of halogens is 1. The maximum atomic E-state index is 13.1. The summed E-state index contributed by atoms with van der Waals surface area (Å²) in [6, 6.07) is 9.63. The summed E-state index contributed by atoms with van der Waals surface area (Å²) in [5.74, 6) is 0.223.